The second-order valence-corrected chi connectivity index (χ2v) is 18.3. The van der Waals surface area contributed by atoms with Gasteiger partial charge in [0.1, 0.15) is 47.1 Å². The van der Waals surface area contributed by atoms with Crippen molar-refractivity contribution in [2.75, 3.05) is 0 Å². The minimum absolute atomic E-state index is 0.0177. The van der Waals surface area contributed by atoms with Crippen LogP contribution in [0.5, 0.6) is 40.2 Å². The lowest BCUT2D eigenvalue weighted by atomic mass is 9.69. The van der Waals surface area contributed by atoms with Crippen LogP contribution in [0.15, 0.2) is 91.0 Å². The van der Waals surface area contributed by atoms with E-state index in [9.17, 15) is 20.4 Å². The van der Waals surface area contributed by atoms with Gasteiger partial charge in [0.25, 0.3) is 0 Å². The van der Waals surface area contributed by atoms with Crippen molar-refractivity contribution in [2.24, 2.45) is 17.8 Å². The van der Waals surface area contributed by atoms with Gasteiger partial charge < -0.3 is 34.6 Å². The molecule has 4 N–H and O–H groups in total. The van der Waals surface area contributed by atoms with Gasteiger partial charge in [0.2, 0.25) is 0 Å². The number of benzene rings is 6. The summed E-state index contributed by atoms with van der Waals surface area (Å²) >= 11 is 0. The molecule has 61 heavy (non-hydrogen) atoms. The first kappa shape index (κ1) is 40.3. The minimum atomic E-state index is -0.613. The SMILES string of the molecule is Cc1ccc(C2Oc3c(C4c5c(C)ccc(C6c7c(O)cc(O)cc7OC(c7ccc(O)c(O)c7)C6C)c5OC(c5ccc(C)c(C)c5)C4C)ccc(C)c3CC2C)cc1C. The van der Waals surface area contributed by atoms with E-state index < -0.39 is 12.0 Å². The zero-order chi connectivity index (χ0) is 43.2. The Kier molecular flexibility index (Phi) is 10.0. The van der Waals surface area contributed by atoms with Crippen molar-refractivity contribution in [3.63, 3.8) is 0 Å². The Morgan fingerprint density at radius 3 is 1.61 bits per heavy atom. The van der Waals surface area contributed by atoms with Gasteiger partial charge in [-0.3, -0.25) is 0 Å². The van der Waals surface area contributed by atoms with E-state index in [1.54, 1.807) is 6.07 Å². The molecule has 3 aliphatic rings. The summed E-state index contributed by atoms with van der Waals surface area (Å²) in [6.45, 7) is 19.6. The number of phenolic OH excluding ortho intramolecular Hbond substituents is 4. The highest BCUT2D eigenvalue weighted by molar-refractivity contribution is 5.64. The molecule has 0 radical (unpaired) electrons. The van der Waals surface area contributed by atoms with Crippen LogP contribution in [0.3, 0.4) is 0 Å². The number of aryl methyl sites for hydroxylation is 6. The highest BCUT2D eigenvalue weighted by Crippen LogP contribution is 2.60. The Balaban J connectivity index is 1.27. The van der Waals surface area contributed by atoms with Crippen molar-refractivity contribution in [1.82, 2.24) is 0 Å². The van der Waals surface area contributed by atoms with Gasteiger partial charge in [-0.15, -0.1) is 0 Å². The molecule has 7 nitrogen and oxygen atoms in total. The Morgan fingerprint density at radius 1 is 0.443 bits per heavy atom. The molecule has 0 aromatic heterocycles. The van der Waals surface area contributed by atoms with Crippen molar-refractivity contribution >= 4 is 0 Å². The van der Waals surface area contributed by atoms with Gasteiger partial charge in [-0.2, -0.15) is 0 Å². The number of ether oxygens (including phenoxy) is 3. The maximum atomic E-state index is 11.7. The maximum absolute atomic E-state index is 11.7. The molecule has 0 saturated carbocycles. The van der Waals surface area contributed by atoms with Crippen molar-refractivity contribution in [3.8, 4) is 40.2 Å². The van der Waals surface area contributed by atoms with Crippen LogP contribution in [0, 0.1) is 59.3 Å². The molecular formula is C54H56O7. The Bertz CT molecular complexity index is 2710. The van der Waals surface area contributed by atoms with E-state index >= 15 is 0 Å². The van der Waals surface area contributed by atoms with Crippen LogP contribution in [0.25, 0.3) is 0 Å². The molecule has 0 aliphatic carbocycles. The first-order valence-corrected chi connectivity index (χ1v) is 21.6. The van der Waals surface area contributed by atoms with Gasteiger partial charge in [-0.25, -0.2) is 0 Å². The topological polar surface area (TPSA) is 109 Å². The number of fused-ring (bicyclic) bond motifs is 3. The predicted molar refractivity (Wildman–Crippen MR) is 239 cm³/mol. The van der Waals surface area contributed by atoms with Gasteiger partial charge in [-0.1, -0.05) is 87.5 Å². The fraction of sp³-hybridized carbons (Fsp3) is 0.333. The molecule has 3 heterocycles. The minimum Gasteiger partial charge on any atom is -0.508 e. The Labute approximate surface area is 359 Å². The number of hydrogen-bond donors (Lipinski definition) is 4. The van der Waals surface area contributed by atoms with Gasteiger partial charge in [0.15, 0.2) is 11.5 Å². The van der Waals surface area contributed by atoms with Gasteiger partial charge in [0.05, 0.1) is 0 Å². The fourth-order valence-corrected chi connectivity index (χ4v) is 10.5. The number of phenols is 4. The molecule has 6 aromatic carbocycles. The third kappa shape index (κ3) is 6.73. The number of hydrogen-bond acceptors (Lipinski definition) is 7. The Hall–Kier alpha value is -6.08. The van der Waals surface area contributed by atoms with E-state index in [1.807, 2.05) is 0 Å². The molecular weight excluding hydrogens is 761 g/mol. The first-order chi connectivity index (χ1) is 29.1. The van der Waals surface area contributed by atoms with Gasteiger partial charge >= 0.3 is 0 Å². The van der Waals surface area contributed by atoms with Crippen LogP contribution < -0.4 is 14.2 Å². The molecule has 3 aliphatic heterocycles. The largest absolute Gasteiger partial charge is 0.508 e. The van der Waals surface area contributed by atoms with Crippen molar-refractivity contribution < 1.29 is 34.6 Å². The normalized spacial score (nSPS) is 24.1. The zero-order valence-electron chi connectivity index (χ0n) is 36.5. The van der Waals surface area contributed by atoms with Crippen molar-refractivity contribution in [2.45, 2.75) is 98.9 Å². The van der Waals surface area contributed by atoms with Crippen LogP contribution in [0.2, 0.25) is 0 Å². The molecule has 8 atom stereocenters. The predicted octanol–water partition coefficient (Wildman–Crippen LogP) is 12.5. The summed E-state index contributed by atoms with van der Waals surface area (Å²) < 4.78 is 21.4. The summed E-state index contributed by atoms with van der Waals surface area (Å²) in [7, 11) is 0. The molecule has 9 rings (SSSR count). The molecule has 0 bridgehead atoms. The van der Waals surface area contributed by atoms with E-state index in [1.165, 1.54) is 63.2 Å². The quantitative estimate of drug-likeness (QED) is 0.128. The van der Waals surface area contributed by atoms with Gasteiger partial charge in [0, 0.05) is 64.0 Å². The van der Waals surface area contributed by atoms with E-state index in [0.717, 1.165) is 45.7 Å². The summed E-state index contributed by atoms with van der Waals surface area (Å²) in [6, 6.07) is 29.7. The third-order valence-corrected chi connectivity index (χ3v) is 14.2. The third-order valence-electron chi connectivity index (χ3n) is 14.2. The van der Waals surface area contributed by atoms with E-state index in [-0.39, 0.29) is 58.9 Å². The van der Waals surface area contributed by atoms with E-state index in [2.05, 4.69) is 123 Å². The highest BCUT2D eigenvalue weighted by atomic mass is 16.5. The second-order valence-electron chi connectivity index (χ2n) is 18.3. The van der Waals surface area contributed by atoms with Crippen LogP contribution in [-0.2, 0) is 6.42 Å². The molecule has 0 fully saturated rings. The molecule has 6 aromatic rings. The van der Waals surface area contributed by atoms with Crippen LogP contribution in [-0.4, -0.2) is 20.4 Å². The molecule has 0 saturated heterocycles. The van der Waals surface area contributed by atoms with Gasteiger partial charge in [-0.05, 0) is 116 Å². The lowest BCUT2D eigenvalue weighted by Gasteiger charge is -2.44. The van der Waals surface area contributed by atoms with Crippen LogP contribution in [0.1, 0.15) is 129 Å². The first-order valence-electron chi connectivity index (χ1n) is 21.6. The highest BCUT2D eigenvalue weighted by Gasteiger charge is 2.46. The lowest BCUT2D eigenvalue weighted by molar-refractivity contribution is 0.0926. The van der Waals surface area contributed by atoms with E-state index in [0.29, 0.717) is 16.9 Å². The zero-order valence-corrected chi connectivity index (χ0v) is 36.5. The average Bonchev–Trinajstić information content (AvgIpc) is 3.22. The van der Waals surface area contributed by atoms with Crippen molar-refractivity contribution in [3.05, 3.63) is 169 Å². The van der Waals surface area contributed by atoms with Crippen LogP contribution >= 0.6 is 0 Å². The molecule has 0 amide bonds. The average molecular weight is 817 g/mol. The molecule has 0 spiro atoms. The number of aromatic hydroxyl groups is 4. The summed E-state index contributed by atoms with van der Waals surface area (Å²) in [5.74, 6) is 0.723. The van der Waals surface area contributed by atoms with E-state index in [4.69, 9.17) is 14.2 Å². The monoisotopic (exact) mass is 816 g/mol. The standard InChI is InChI=1S/C54H56O7/c1-26-10-14-35(20-30(26)5)50-32(7)22-41-28(3)12-17-39(53(41)60-50)47-33(8)52(36-15-11-27(2)31(6)21-36)61-54-40(18-13-29(4)46(47)54)48-34(9)51(37-16-19-42(56)43(57)23-37)59-45-25-38(55)24-44(58)49(45)48/h10-21,23-25,32-34,47-48,50-52,55-58H,22H2,1-9H3. The molecule has 7 heteroatoms. The molecule has 314 valence electrons. The van der Waals surface area contributed by atoms with Crippen molar-refractivity contribution in [1.29, 1.82) is 0 Å². The summed E-state index contributed by atoms with van der Waals surface area (Å²) in [5, 5.41) is 43.3. The smallest absolute Gasteiger partial charge is 0.157 e. The fourth-order valence-electron chi connectivity index (χ4n) is 10.5. The van der Waals surface area contributed by atoms with Crippen LogP contribution in [0.4, 0.5) is 0 Å². The summed E-state index contributed by atoms with van der Waals surface area (Å²) in [4.78, 5) is 0. The second kappa shape index (κ2) is 15.1. The molecule has 8 unspecified atom stereocenters. The summed E-state index contributed by atoms with van der Waals surface area (Å²) in [6.07, 6.45) is -0.161. The number of rotatable bonds is 5. The lowest BCUT2D eigenvalue weighted by Crippen LogP contribution is -2.33. The summed E-state index contributed by atoms with van der Waals surface area (Å²) in [5.41, 5.74) is 15.1. The maximum Gasteiger partial charge on any atom is 0.157 e. The Morgan fingerprint density at radius 2 is 0.967 bits per heavy atom.